The molecule has 0 aliphatic rings. The first kappa shape index (κ1) is 10.2. The summed E-state index contributed by atoms with van der Waals surface area (Å²) in [6.45, 7) is 0. The number of thiophene rings is 1. The zero-order valence-electron chi connectivity index (χ0n) is 8.13. The van der Waals surface area contributed by atoms with Crippen LogP contribution in [0.1, 0.15) is 17.2 Å². The quantitative estimate of drug-likeness (QED) is 0.602. The SMILES string of the molecule is NNC(Cc1ccsc1)c1ccnnc1. The maximum Gasteiger partial charge on any atom is 0.0544 e. The molecule has 4 nitrogen and oxygen atoms in total. The van der Waals surface area contributed by atoms with Crippen molar-refractivity contribution in [3.05, 3.63) is 46.4 Å². The standard InChI is InChI=1S/C10H12N4S/c11-14-10(5-8-2-4-15-7-8)9-1-3-12-13-6-9/h1-4,6-7,10,14H,5,11H2. The Morgan fingerprint density at radius 1 is 1.40 bits per heavy atom. The van der Waals surface area contributed by atoms with Crippen LogP contribution in [0.15, 0.2) is 35.3 Å². The molecule has 2 rings (SSSR count). The molecule has 0 aliphatic carbocycles. The van der Waals surface area contributed by atoms with Crippen molar-refractivity contribution in [1.82, 2.24) is 15.6 Å². The fraction of sp³-hybridized carbons (Fsp3) is 0.200. The lowest BCUT2D eigenvalue weighted by Gasteiger charge is -2.14. The number of nitrogens with two attached hydrogens (primary N) is 1. The van der Waals surface area contributed by atoms with E-state index in [-0.39, 0.29) is 6.04 Å². The average Bonchev–Trinajstić information content (AvgIpc) is 2.80. The third-order valence-electron chi connectivity index (χ3n) is 2.23. The van der Waals surface area contributed by atoms with Gasteiger partial charge in [0.25, 0.3) is 0 Å². The minimum absolute atomic E-state index is 0.0927. The van der Waals surface area contributed by atoms with E-state index in [1.54, 1.807) is 23.7 Å². The number of rotatable bonds is 4. The highest BCUT2D eigenvalue weighted by molar-refractivity contribution is 7.07. The van der Waals surface area contributed by atoms with Crippen molar-refractivity contribution < 1.29 is 0 Å². The summed E-state index contributed by atoms with van der Waals surface area (Å²) in [6.07, 6.45) is 4.27. The van der Waals surface area contributed by atoms with Gasteiger partial charge >= 0.3 is 0 Å². The molecule has 1 unspecified atom stereocenters. The van der Waals surface area contributed by atoms with Gasteiger partial charge < -0.3 is 0 Å². The predicted octanol–water partition coefficient (Wildman–Crippen LogP) is 1.29. The molecule has 5 heteroatoms. The molecule has 0 bridgehead atoms. The van der Waals surface area contributed by atoms with Crippen molar-refractivity contribution in [3.8, 4) is 0 Å². The van der Waals surface area contributed by atoms with E-state index >= 15 is 0 Å². The van der Waals surface area contributed by atoms with Crippen molar-refractivity contribution in [2.75, 3.05) is 0 Å². The molecule has 0 saturated heterocycles. The lowest BCUT2D eigenvalue weighted by molar-refractivity contribution is 0.549. The monoisotopic (exact) mass is 220 g/mol. The first-order valence-corrected chi connectivity index (χ1v) is 5.58. The summed E-state index contributed by atoms with van der Waals surface area (Å²) >= 11 is 1.69. The van der Waals surface area contributed by atoms with E-state index in [0.717, 1.165) is 12.0 Å². The molecule has 0 amide bonds. The van der Waals surface area contributed by atoms with E-state index < -0.39 is 0 Å². The van der Waals surface area contributed by atoms with Gasteiger partial charge in [0.05, 0.1) is 12.2 Å². The topological polar surface area (TPSA) is 63.8 Å². The number of nitrogens with one attached hydrogen (secondary N) is 1. The molecule has 0 fully saturated rings. The zero-order chi connectivity index (χ0) is 10.5. The summed E-state index contributed by atoms with van der Waals surface area (Å²) in [5.74, 6) is 5.53. The van der Waals surface area contributed by atoms with Gasteiger partial charge in [-0.3, -0.25) is 11.3 Å². The number of hydrogen-bond acceptors (Lipinski definition) is 5. The number of nitrogens with zero attached hydrogens (tertiary/aromatic N) is 2. The van der Waals surface area contributed by atoms with Crippen molar-refractivity contribution >= 4 is 11.3 Å². The molecule has 2 heterocycles. The molecule has 0 saturated carbocycles. The van der Waals surface area contributed by atoms with Gasteiger partial charge in [-0.2, -0.15) is 21.5 Å². The van der Waals surface area contributed by atoms with Crippen LogP contribution in [0.3, 0.4) is 0 Å². The third-order valence-corrected chi connectivity index (χ3v) is 2.96. The van der Waals surface area contributed by atoms with Gasteiger partial charge in [0.2, 0.25) is 0 Å². The van der Waals surface area contributed by atoms with E-state index in [1.807, 2.05) is 6.07 Å². The molecule has 2 aromatic heterocycles. The first-order chi connectivity index (χ1) is 7.40. The molecular formula is C10H12N4S. The smallest absolute Gasteiger partial charge is 0.0544 e. The molecular weight excluding hydrogens is 208 g/mol. The summed E-state index contributed by atoms with van der Waals surface area (Å²) in [4.78, 5) is 0. The van der Waals surface area contributed by atoms with Crippen LogP contribution >= 0.6 is 11.3 Å². The second kappa shape index (κ2) is 4.97. The van der Waals surface area contributed by atoms with Crippen LogP contribution < -0.4 is 11.3 Å². The number of hydrogen-bond donors (Lipinski definition) is 2. The van der Waals surface area contributed by atoms with Crippen LogP contribution in [0.5, 0.6) is 0 Å². The minimum Gasteiger partial charge on any atom is -0.271 e. The summed E-state index contributed by atoms with van der Waals surface area (Å²) in [5.41, 5.74) is 5.13. The van der Waals surface area contributed by atoms with Crippen molar-refractivity contribution in [2.24, 2.45) is 5.84 Å². The molecule has 0 spiro atoms. The van der Waals surface area contributed by atoms with Gasteiger partial charge in [-0.1, -0.05) is 0 Å². The first-order valence-electron chi connectivity index (χ1n) is 4.64. The van der Waals surface area contributed by atoms with Gasteiger partial charge in [0.1, 0.15) is 0 Å². The highest BCUT2D eigenvalue weighted by Gasteiger charge is 2.10. The molecule has 1 atom stereocenters. The molecule has 15 heavy (non-hydrogen) atoms. The zero-order valence-corrected chi connectivity index (χ0v) is 8.95. The third kappa shape index (κ3) is 2.59. The molecule has 0 aromatic carbocycles. The van der Waals surface area contributed by atoms with E-state index in [0.29, 0.717) is 0 Å². The van der Waals surface area contributed by atoms with Crippen LogP contribution in [0, 0.1) is 0 Å². The van der Waals surface area contributed by atoms with Gasteiger partial charge in [-0.15, -0.1) is 0 Å². The predicted molar refractivity (Wildman–Crippen MR) is 60.1 cm³/mol. The summed E-state index contributed by atoms with van der Waals surface area (Å²) in [6, 6.07) is 4.11. The number of hydrazine groups is 1. The van der Waals surface area contributed by atoms with E-state index in [4.69, 9.17) is 5.84 Å². The number of aromatic nitrogens is 2. The Kier molecular flexibility index (Phi) is 3.39. The minimum atomic E-state index is 0.0927. The van der Waals surface area contributed by atoms with Gasteiger partial charge in [-0.05, 0) is 40.4 Å². The van der Waals surface area contributed by atoms with E-state index in [1.165, 1.54) is 5.56 Å². The van der Waals surface area contributed by atoms with Crippen molar-refractivity contribution in [3.63, 3.8) is 0 Å². The molecule has 78 valence electrons. The Bertz CT molecular complexity index is 387. The molecule has 2 aromatic rings. The van der Waals surface area contributed by atoms with E-state index in [2.05, 4.69) is 32.4 Å². The van der Waals surface area contributed by atoms with Crippen molar-refractivity contribution in [2.45, 2.75) is 12.5 Å². The molecule has 3 N–H and O–H groups in total. The Morgan fingerprint density at radius 3 is 2.93 bits per heavy atom. The lowest BCUT2D eigenvalue weighted by Crippen LogP contribution is -2.29. The summed E-state index contributed by atoms with van der Waals surface area (Å²) in [5, 5.41) is 11.8. The van der Waals surface area contributed by atoms with Crippen LogP contribution in [-0.4, -0.2) is 10.2 Å². The summed E-state index contributed by atoms with van der Waals surface area (Å²) in [7, 11) is 0. The summed E-state index contributed by atoms with van der Waals surface area (Å²) < 4.78 is 0. The maximum atomic E-state index is 5.53. The Balaban J connectivity index is 2.12. The Labute approximate surface area is 92.1 Å². The van der Waals surface area contributed by atoms with E-state index in [9.17, 15) is 0 Å². The average molecular weight is 220 g/mol. The van der Waals surface area contributed by atoms with Crippen LogP contribution in [0.4, 0.5) is 0 Å². The fourth-order valence-corrected chi connectivity index (χ4v) is 2.11. The second-order valence-corrected chi connectivity index (χ2v) is 4.01. The lowest BCUT2D eigenvalue weighted by atomic mass is 10.0. The molecule has 0 aliphatic heterocycles. The van der Waals surface area contributed by atoms with Crippen LogP contribution in [0.2, 0.25) is 0 Å². The van der Waals surface area contributed by atoms with Gasteiger partial charge in [0.15, 0.2) is 0 Å². The normalized spacial score (nSPS) is 12.6. The molecule has 0 radical (unpaired) electrons. The Hall–Kier alpha value is -1.30. The highest BCUT2D eigenvalue weighted by atomic mass is 32.1. The van der Waals surface area contributed by atoms with Crippen molar-refractivity contribution in [1.29, 1.82) is 0 Å². The fourth-order valence-electron chi connectivity index (χ4n) is 1.42. The Morgan fingerprint density at radius 2 is 2.33 bits per heavy atom. The van der Waals surface area contributed by atoms with Gasteiger partial charge in [0, 0.05) is 6.20 Å². The maximum absolute atomic E-state index is 5.53. The largest absolute Gasteiger partial charge is 0.271 e. The van der Waals surface area contributed by atoms with Crippen LogP contribution in [-0.2, 0) is 6.42 Å². The van der Waals surface area contributed by atoms with Crippen LogP contribution in [0.25, 0.3) is 0 Å². The highest BCUT2D eigenvalue weighted by Crippen LogP contribution is 2.17. The van der Waals surface area contributed by atoms with Gasteiger partial charge in [-0.25, -0.2) is 0 Å². The second-order valence-electron chi connectivity index (χ2n) is 3.23.